The van der Waals surface area contributed by atoms with Gasteiger partial charge in [-0.1, -0.05) is 25.5 Å². The molecule has 1 aromatic rings. The molecule has 0 aliphatic heterocycles. The van der Waals surface area contributed by atoms with Crippen molar-refractivity contribution in [3.8, 4) is 5.75 Å². The van der Waals surface area contributed by atoms with Crippen molar-refractivity contribution < 1.29 is 24.2 Å². The fourth-order valence-electron chi connectivity index (χ4n) is 3.04. The summed E-state index contributed by atoms with van der Waals surface area (Å²) in [5.74, 6) is -0.543. The molecule has 0 heterocycles. The van der Waals surface area contributed by atoms with Crippen molar-refractivity contribution in [3.05, 3.63) is 29.8 Å². The van der Waals surface area contributed by atoms with E-state index in [1.165, 1.54) is 12.1 Å². The minimum atomic E-state index is -0.831. The standard InChI is InChI=1S/C22H33N3O5/c1-5-6-13-23-20(28)19(15-7-11-17(26)12-8-15)25(16-9-10-16)18(27)14-24-21(29)30-22(2,3)4/h7-8,11-12,16,19,26H,5-6,9-10,13-14H2,1-4H3,(H,23,28)(H,24,29). The average Bonchev–Trinajstić information content (AvgIpc) is 3.48. The summed E-state index contributed by atoms with van der Waals surface area (Å²) in [5, 5.41) is 15.0. The number of phenolic OH excluding ortho intramolecular Hbond substituents is 1. The number of ether oxygens (including phenoxy) is 1. The van der Waals surface area contributed by atoms with Crippen molar-refractivity contribution in [2.24, 2.45) is 0 Å². The van der Waals surface area contributed by atoms with Gasteiger partial charge in [0.05, 0.1) is 0 Å². The molecule has 1 atom stereocenters. The first-order valence-electron chi connectivity index (χ1n) is 10.5. The van der Waals surface area contributed by atoms with Crippen LogP contribution in [0.25, 0.3) is 0 Å². The highest BCUT2D eigenvalue weighted by atomic mass is 16.6. The minimum Gasteiger partial charge on any atom is -0.508 e. The molecule has 2 rings (SSSR count). The molecular weight excluding hydrogens is 386 g/mol. The molecule has 0 bridgehead atoms. The van der Waals surface area contributed by atoms with E-state index in [1.807, 2.05) is 6.92 Å². The topological polar surface area (TPSA) is 108 Å². The summed E-state index contributed by atoms with van der Waals surface area (Å²) in [5.41, 5.74) is -0.0591. The summed E-state index contributed by atoms with van der Waals surface area (Å²) in [6.07, 6.45) is 2.70. The predicted octanol–water partition coefficient (Wildman–Crippen LogP) is 2.87. The lowest BCUT2D eigenvalue weighted by atomic mass is 10.0. The van der Waals surface area contributed by atoms with Crippen LogP contribution in [0.2, 0.25) is 0 Å². The second-order valence-electron chi connectivity index (χ2n) is 8.53. The third-order valence-corrected chi connectivity index (χ3v) is 4.58. The van der Waals surface area contributed by atoms with Gasteiger partial charge in [-0.15, -0.1) is 0 Å². The van der Waals surface area contributed by atoms with Crippen LogP contribution in [0.5, 0.6) is 5.75 Å². The molecule has 8 heteroatoms. The molecule has 1 aliphatic carbocycles. The molecule has 0 aromatic heterocycles. The molecule has 30 heavy (non-hydrogen) atoms. The van der Waals surface area contributed by atoms with E-state index in [2.05, 4.69) is 10.6 Å². The highest BCUT2D eigenvalue weighted by Gasteiger charge is 2.41. The zero-order chi connectivity index (χ0) is 22.3. The predicted molar refractivity (Wildman–Crippen MR) is 113 cm³/mol. The molecule has 3 N–H and O–H groups in total. The van der Waals surface area contributed by atoms with Crippen molar-refractivity contribution in [1.82, 2.24) is 15.5 Å². The smallest absolute Gasteiger partial charge is 0.408 e. The van der Waals surface area contributed by atoms with Gasteiger partial charge in [-0.05, 0) is 57.7 Å². The minimum absolute atomic E-state index is 0.0614. The van der Waals surface area contributed by atoms with Crippen LogP contribution < -0.4 is 10.6 Å². The van der Waals surface area contributed by atoms with Crippen LogP contribution in [0.3, 0.4) is 0 Å². The Hall–Kier alpha value is -2.77. The maximum atomic E-state index is 13.0. The van der Waals surface area contributed by atoms with Gasteiger partial charge in [0.1, 0.15) is 23.9 Å². The Morgan fingerprint density at radius 1 is 1.17 bits per heavy atom. The number of benzene rings is 1. The Morgan fingerprint density at radius 2 is 1.80 bits per heavy atom. The van der Waals surface area contributed by atoms with Crippen LogP contribution >= 0.6 is 0 Å². The molecule has 8 nitrogen and oxygen atoms in total. The third kappa shape index (κ3) is 7.24. The Morgan fingerprint density at radius 3 is 2.33 bits per heavy atom. The molecule has 0 saturated heterocycles. The number of unbranched alkanes of at least 4 members (excludes halogenated alkanes) is 1. The van der Waals surface area contributed by atoms with E-state index in [4.69, 9.17) is 4.74 Å². The van der Waals surface area contributed by atoms with Gasteiger partial charge in [-0.25, -0.2) is 4.79 Å². The Labute approximate surface area is 178 Å². The fourth-order valence-corrected chi connectivity index (χ4v) is 3.04. The maximum absolute atomic E-state index is 13.0. The average molecular weight is 420 g/mol. The molecule has 166 valence electrons. The summed E-state index contributed by atoms with van der Waals surface area (Å²) in [7, 11) is 0. The van der Waals surface area contributed by atoms with Crippen molar-refractivity contribution in [2.75, 3.05) is 13.1 Å². The van der Waals surface area contributed by atoms with Crippen molar-refractivity contribution in [2.45, 2.75) is 71.1 Å². The number of hydrogen-bond acceptors (Lipinski definition) is 5. The number of nitrogens with zero attached hydrogens (tertiary/aromatic N) is 1. The number of hydrogen-bond donors (Lipinski definition) is 3. The summed E-state index contributed by atoms with van der Waals surface area (Å²) in [6, 6.07) is 5.38. The van der Waals surface area contributed by atoms with Crippen LogP contribution in [-0.2, 0) is 14.3 Å². The number of carbonyl (C=O) groups excluding carboxylic acids is 3. The summed E-state index contributed by atoms with van der Waals surface area (Å²) < 4.78 is 5.19. The fraction of sp³-hybridized carbons (Fsp3) is 0.591. The molecular formula is C22H33N3O5. The van der Waals surface area contributed by atoms with Gasteiger partial charge in [0, 0.05) is 12.6 Å². The van der Waals surface area contributed by atoms with Gasteiger partial charge in [0.25, 0.3) is 0 Å². The molecule has 0 radical (unpaired) electrons. The van der Waals surface area contributed by atoms with E-state index in [9.17, 15) is 19.5 Å². The first-order chi connectivity index (χ1) is 14.1. The van der Waals surface area contributed by atoms with Crippen LogP contribution in [-0.4, -0.2) is 52.6 Å². The van der Waals surface area contributed by atoms with Crippen molar-refractivity contribution >= 4 is 17.9 Å². The number of carbonyl (C=O) groups is 3. The maximum Gasteiger partial charge on any atom is 0.408 e. The van der Waals surface area contributed by atoms with Gasteiger partial charge >= 0.3 is 6.09 Å². The number of alkyl carbamates (subject to hydrolysis) is 1. The molecule has 1 fully saturated rings. The van der Waals surface area contributed by atoms with Crippen LogP contribution in [0.4, 0.5) is 4.79 Å². The zero-order valence-electron chi connectivity index (χ0n) is 18.2. The molecule has 3 amide bonds. The van der Waals surface area contributed by atoms with E-state index >= 15 is 0 Å². The first kappa shape index (κ1) is 23.5. The number of nitrogens with one attached hydrogen (secondary N) is 2. The van der Waals surface area contributed by atoms with Crippen LogP contribution in [0.15, 0.2) is 24.3 Å². The zero-order valence-corrected chi connectivity index (χ0v) is 18.2. The number of rotatable bonds is 9. The molecule has 1 aromatic carbocycles. The molecule has 0 spiro atoms. The second-order valence-corrected chi connectivity index (χ2v) is 8.53. The van der Waals surface area contributed by atoms with E-state index in [1.54, 1.807) is 37.8 Å². The van der Waals surface area contributed by atoms with E-state index in [0.29, 0.717) is 12.1 Å². The van der Waals surface area contributed by atoms with Gasteiger partial charge in [0.15, 0.2) is 0 Å². The Kier molecular flexibility index (Phi) is 8.08. The van der Waals surface area contributed by atoms with Gasteiger partial charge in [-0.2, -0.15) is 0 Å². The number of amides is 3. The third-order valence-electron chi connectivity index (χ3n) is 4.58. The Balaban J connectivity index is 2.19. The van der Waals surface area contributed by atoms with Crippen molar-refractivity contribution in [3.63, 3.8) is 0 Å². The van der Waals surface area contributed by atoms with E-state index in [0.717, 1.165) is 25.7 Å². The van der Waals surface area contributed by atoms with Crippen molar-refractivity contribution in [1.29, 1.82) is 0 Å². The highest BCUT2D eigenvalue weighted by molar-refractivity contribution is 5.90. The van der Waals surface area contributed by atoms with Gasteiger partial charge in [-0.3, -0.25) is 9.59 Å². The molecule has 1 aliphatic rings. The largest absolute Gasteiger partial charge is 0.508 e. The quantitative estimate of drug-likeness (QED) is 0.534. The Bertz CT molecular complexity index is 738. The van der Waals surface area contributed by atoms with Gasteiger partial charge < -0.3 is 25.4 Å². The lowest BCUT2D eigenvalue weighted by molar-refractivity contribution is -0.140. The monoisotopic (exact) mass is 419 g/mol. The summed E-state index contributed by atoms with van der Waals surface area (Å²) >= 11 is 0. The lowest BCUT2D eigenvalue weighted by Crippen LogP contribution is -2.49. The van der Waals surface area contributed by atoms with E-state index in [-0.39, 0.29) is 30.2 Å². The van der Waals surface area contributed by atoms with Crippen LogP contribution in [0, 0.1) is 0 Å². The lowest BCUT2D eigenvalue weighted by Gasteiger charge is -2.32. The SMILES string of the molecule is CCCCNC(=O)C(c1ccc(O)cc1)N(C(=O)CNC(=O)OC(C)(C)C)C1CC1. The van der Waals surface area contributed by atoms with E-state index < -0.39 is 17.7 Å². The van der Waals surface area contributed by atoms with Crippen LogP contribution in [0.1, 0.15) is 65.0 Å². The summed E-state index contributed by atoms with van der Waals surface area (Å²) in [4.78, 5) is 39.6. The second kappa shape index (κ2) is 10.3. The van der Waals surface area contributed by atoms with Gasteiger partial charge in [0.2, 0.25) is 11.8 Å². The number of aromatic hydroxyl groups is 1. The summed E-state index contributed by atoms with van der Waals surface area (Å²) in [6.45, 7) is 7.52. The molecule has 1 saturated carbocycles. The highest BCUT2D eigenvalue weighted by Crippen LogP contribution is 2.35. The normalized spacial score (nSPS) is 14.5. The molecule has 1 unspecified atom stereocenters. The first-order valence-corrected chi connectivity index (χ1v) is 10.5. The number of phenols is 1.